The Hall–Kier alpha value is -3.69. The Balaban J connectivity index is 1.54. The lowest BCUT2D eigenvalue weighted by atomic mass is 9.71. The van der Waals surface area contributed by atoms with E-state index in [1.54, 1.807) is 13.3 Å². The summed E-state index contributed by atoms with van der Waals surface area (Å²) < 4.78 is 12.7. The summed E-state index contributed by atoms with van der Waals surface area (Å²) in [5.74, 6) is 1.68. The molecular weight excluding hydrogens is 546 g/mol. The lowest BCUT2D eigenvalue weighted by Gasteiger charge is -2.54. The normalized spacial score (nSPS) is 17.0. The first-order valence-corrected chi connectivity index (χ1v) is 15.2. The van der Waals surface area contributed by atoms with Crippen LogP contribution < -0.4 is 20.5 Å². The molecule has 1 saturated heterocycles. The SMILES string of the molecule is COc1ccccc1-c1c(C(N)=O)sc2cnc(Nc3ccc(C4CC(C)(C)N(C)C(C)(C)C4)cc3OC(C)C)nc12. The minimum absolute atomic E-state index is 0.0123. The molecule has 222 valence electrons. The summed E-state index contributed by atoms with van der Waals surface area (Å²) in [4.78, 5) is 24.8. The van der Waals surface area contributed by atoms with Gasteiger partial charge < -0.3 is 20.5 Å². The minimum atomic E-state index is -0.517. The molecule has 1 aliphatic rings. The average molecular weight is 588 g/mol. The third-order valence-electron chi connectivity index (χ3n) is 8.43. The number of fused-ring (bicyclic) bond motifs is 1. The first-order valence-electron chi connectivity index (χ1n) is 14.3. The van der Waals surface area contributed by atoms with Gasteiger partial charge in [0.2, 0.25) is 5.95 Å². The number of piperidine rings is 1. The van der Waals surface area contributed by atoms with Crippen LogP contribution in [-0.2, 0) is 0 Å². The van der Waals surface area contributed by atoms with Gasteiger partial charge in [0.15, 0.2) is 0 Å². The molecule has 3 N–H and O–H groups in total. The van der Waals surface area contributed by atoms with Crippen LogP contribution in [0.2, 0.25) is 0 Å². The number of methoxy groups -OCH3 is 1. The number of thiophene rings is 1. The maximum atomic E-state index is 12.5. The number of nitrogens with two attached hydrogens (primary N) is 1. The Labute approximate surface area is 252 Å². The van der Waals surface area contributed by atoms with Crippen LogP contribution in [-0.4, -0.2) is 52.1 Å². The number of carbonyl (C=O) groups excluding carboxylic acids is 1. The van der Waals surface area contributed by atoms with Crippen LogP contribution in [0.3, 0.4) is 0 Å². The van der Waals surface area contributed by atoms with E-state index in [4.69, 9.17) is 20.2 Å². The van der Waals surface area contributed by atoms with Gasteiger partial charge in [0.05, 0.1) is 35.3 Å². The van der Waals surface area contributed by atoms with Gasteiger partial charge in [-0.05, 0) is 91.1 Å². The van der Waals surface area contributed by atoms with Crippen LogP contribution in [0.4, 0.5) is 11.6 Å². The maximum Gasteiger partial charge on any atom is 0.259 e. The lowest BCUT2D eigenvalue weighted by molar-refractivity contribution is -0.0128. The molecule has 1 aliphatic heterocycles. The molecule has 0 spiro atoms. The first-order chi connectivity index (χ1) is 19.8. The largest absolute Gasteiger partial charge is 0.496 e. The molecule has 0 unspecified atom stereocenters. The van der Waals surface area contributed by atoms with Gasteiger partial charge in [-0.15, -0.1) is 11.3 Å². The van der Waals surface area contributed by atoms with Crippen molar-refractivity contribution in [3.05, 3.63) is 59.1 Å². The predicted octanol–water partition coefficient (Wildman–Crippen LogP) is 7.36. The van der Waals surface area contributed by atoms with E-state index < -0.39 is 5.91 Å². The monoisotopic (exact) mass is 587 g/mol. The number of amides is 1. The molecule has 42 heavy (non-hydrogen) atoms. The number of anilines is 2. The number of benzene rings is 2. The van der Waals surface area contributed by atoms with E-state index in [0.717, 1.165) is 34.5 Å². The molecule has 2 aromatic carbocycles. The molecule has 0 aliphatic carbocycles. The number of primary amides is 1. The van der Waals surface area contributed by atoms with E-state index in [9.17, 15) is 4.79 Å². The van der Waals surface area contributed by atoms with Gasteiger partial charge in [0.1, 0.15) is 16.4 Å². The molecule has 0 saturated carbocycles. The molecule has 3 heterocycles. The molecule has 0 bridgehead atoms. The van der Waals surface area contributed by atoms with Crippen molar-refractivity contribution >= 4 is 39.1 Å². The Morgan fingerprint density at radius 1 is 1.10 bits per heavy atom. The number of hydrogen-bond acceptors (Lipinski definition) is 8. The third kappa shape index (κ3) is 5.68. The van der Waals surface area contributed by atoms with Crippen molar-refractivity contribution in [3.63, 3.8) is 0 Å². The van der Waals surface area contributed by atoms with Crippen molar-refractivity contribution in [3.8, 4) is 22.6 Å². The van der Waals surface area contributed by atoms with Crippen molar-refractivity contribution in [1.82, 2.24) is 14.9 Å². The van der Waals surface area contributed by atoms with Crippen molar-refractivity contribution < 1.29 is 14.3 Å². The highest BCUT2D eigenvalue weighted by Gasteiger charge is 2.43. The molecular formula is C33H41N5O3S. The zero-order chi connectivity index (χ0) is 30.4. The molecule has 2 aromatic heterocycles. The average Bonchev–Trinajstić information content (AvgIpc) is 3.31. The zero-order valence-electron chi connectivity index (χ0n) is 25.7. The fourth-order valence-corrected chi connectivity index (χ4v) is 7.18. The van der Waals surface area contributed by atoms with E-state index in [1.807, 2.05) is 38.1 Å². The Bertz CT molecular complexity index is 1610. The van der Waals surface area contributed by atoms with Crippen molar-refractivity contribution in [1.29, 1.82) is 0 Å². The van der Waals surface area contributed by atoms with Crippen LogP contribution in [0.25, 0.3) is 21.3 Å². The molecule has 5 rings (SSSR count). The summed E-state index contributed by atoms with van der Waals surface area (Å²) in [6.45, 7) is 13.3. The van der Waals surface area contributed by atoms with E-state index in [0.29, 0.717) is 33.6 Å². The van der Waals surface area contributed by atoms with Gasteiger partial charge in [0, 0.05) is 22.2 Å². The molecule has 4 aromatic rings. The summed E-state index contributed by atoms with van der Waals surface area (Å²) in [5, 5.41) is 3.39. The van der Waals surface area contributed by atoms with Crippen LogP contribution in [0, 0.1) is 0 Å². The lowest BCUT2D eigenvalue weighted by Crippen LogP contribution is -2.58. The highest BCUT2D eigenvalue weighted by Crippen LogP contribution is 2.46. The standard InChI is InChI=1S/C33H41N5O3S/c1-19(2)41-25-15-20(21-16-32(3,4)38(7)33(5,6)17-21)13-14-23(25)36-31-35-18-26-28(37-31)27(29(42-26)30(34)39)22-11-9-10-12-24(22)40-8/h9-15,18-19,21H,16-17H2,1-8H3,(H2,34,39)(H,35,36,37). The van der Waals surface area contributed by atoms with Crippen molar-refractivity contribution in [2.45, 2.75) is 77.5 Å². The first kappa shape index (κ1) is 29.8. The van der Waals surface area contributed by atoms with Crippen LogP contribution in [0.15, 0.2) is 48.7 Å². The van der Waals surface area contributed by atoms with Crippen LogP contribution >= 0.6 is 11.3 Å². The number of nitrogens with one attached hydrogen (secondary N) is 1. The number of carbonyl (C=O) groups is 1. The molecule has 9 heteroatoms. The number of nitrogens with zero attached hydrogens (tertiary/aromatic N) is 3. The predicted molar refractivity (Wildman–Crippen MR) is 171 cm³/mol. The second-order valence-corrected chi connectivity index (χ2v) is 13.7. The highest BCUT2D eigenvalue weighted by atomic mass is 32.1. The van der Waals surface area contributed by atoms with Gasteiger partial charge in [-0.25, -0.2) is 9.97 Å². The topological polar surface area (TPSA) is 103 Å². The summed E-state index contributed by atoms with van der Waals surface area (Å²) in [6.07, 6.45) is 3.84. The van der Waals surface area contributed by atoms with E-state index in [1.165, 1.54) is 16.9 Å². The van der Waals surface area contributed by atoms with Gasteiger partial charge in [0.25, 0.3) is 5.91 Å². The highest BCUT2D eigenvalue weighted by molar-refractivity contribution is 7.21. The fourth-order valence-electron chi connectivity index (χ4n) is 6.20. The van der Waals surface area contributed by atoms with Gasteiger partial charge >= 0.3 is 0 Å². The fraction of sp³-hybridized carbons (Fsp3) is 0.424. The molecule has 8 nitrogen and oxygen atoms in total. The van der Waals surface area contributed by atoms with E-state index in [2.05, 4.69) is 68.1 Å². The van der Waals surface area contributed by atoms with Gasteiger partial charge in [-0.3, -0.25) is 9.69 Å². The summed E-state index contributed by atoms with van der Waals surface area (Å²) in [7, 11) is 3.83. The smallest absolute Gasteiger partial charge is 0.259 e. The number of likely N-dealkylation sites (tertiary alicyclic amines) is 1. The summed E-state index contributed by atoms with van der Waals surface area (Å²) in [6, 6.07) is 14.0. The Kier molecular flexibility index (Phi) is 7.94. The van der Waals surface area contributed by atoms with Gasteiger partial charge in [-0.2, -0.15) is 0 Å². The molecule has 0 radical (unpaired) electrons. The molecule has 1 fully saturated rings. The quantitative estimate of drug-likeness (QED) is 0.222. The molecule has 1 amide bonds. The molecule has 0 atom stereocenters. The zero-order valence-corrected chi connectivity index (χ0v) is 26.6. The summed E-state index contributed by atoms with van der Waals surface area (Å²) in [5.41, 5.74) is 10.0. The summed E-state index contributed by atoms with van der Waals surface area (Å²) >= 11 is 1.28. The number of ether oxygens (including phenoxy) is 2. The second-order valence-electron chi connectivity index (χ2n) is 12.6. The maximum absolute atomic E-state index is 12.5. The number of hydrogen-bond donors (Lipinski definition) is 2. The number of rotatable bonds is 8. The Morgan fingerprint density at radius 2 is 1.79 bits per heavy atom. The van der Waals surface area contributed by atoms with Gasteiger partial charge in [-0.1, -0.05) is 24.3 Å². The van der Waals surface area contributed by atoms with E-state index in [-0.39, 0.29) is 17.2 Å². The van der Waals surface area contributed by atoms with Crippen molar-refractivity contribution in [2.24, 2.45) is 5.73 Å². The third-order valence-corrected chi connectivity index (χ3v) is 9.55. The Morgan fingerprint density at radius 3 is 2.43 bits per heavy atom. The number of aromatic nitrogens is 2. The second kappa shape index (κ2) is 11.2. The van der Waals surface area contributed by atoms with Crippen LogP contribution in [0.1, 0.15) is 75.5 Å². The van der Waals surface area contributed by atoms with Crippen LogP contribution in [0.5, 0.6) is 11.5 Å². The minimum Gasteiger partial charge on any atom is -0.496 e. The number of para-hydroxylation sites is 1. The van der Waals surface area contributed by atoms with Crippen molar-refractivity contribution in [2.75, 3.05) is 19.5 Å². The van der Waals surface area contributed by atoms with E-state index >= 15 is 0 Å².